The molecule has 3 heterocycles. The van der Waals surface area contributed by atoms with Gasteiger partial charge in [-0.1, -0.05) is 25.1 Å². The molecule has 3 rings (SSSR count). The SMILES string of the molecule is CC(C)c1cc([C@H]2CCCN2Cc2cccs2)no1. The fourth-order valence-corrected chi connectivity index (χ4v) is 3.42. The van der Waals surface area contributed by atoms with Gasteiger partial charge in [0.2, 0.25) is 0 Å². The van der Waals surface area contributed by atoms with Crippen molar-refractivity contribution < 1.29 is 4.52 Å². The van der Waals surface area contributed by atoms with Crippen LogP contribution in [0.5, 0.6) is 0 Å². The maximum absolute atomic E-state index is 5.45. The summed E-state index contributed by atoms with van der Waals surface area (Å²) in [6.07, 6.45) is 2.44. The zero-order valence-corrected chi connectivity index (χ0v) is 12.3. The van der Waals surface area contributed by atoms with Gasteiger partial charge in [-0.3, -0.25) is 4.90 Å². The second kappa shape index (κ2) is 5.47. The first kappa shape index (κ1) is 12.9. The highest BCUT2D eigenvalue weighted by Gasteiger charge is 2.29. The molecule has 1 fully saturated rings. The Hall–Kier alpha value is -1.13. The van der Waals surface area contributed by atoms with Crippen LogP contribution >= 0.6 is 11.3 Å². The van der Waals surface area contributed by atoms with E-state index in [9.17, 15) is 0 Å². The van der Waals surface area contributed by atoms with Crippen molar-refractivity contribution in [2.45, 2.75) is 45.2 Å². The largest absolute Gasteiger partial charge is 0.361 e. The van der Waals surface area contributed by atoms with Gasteiger partial charge >= 0.3 is 0 Å². The first-order chi connectivity index (χ1) is 9.24. The molecule has 2 aromatic heterocycles. The summed E-state index contributed by atoms with van der Waals surface area (Å²) in [6.45, 7) is 6.48. The van der Waals surface area contributed by atoms with Crippen LogP contribution in [0.2, 0.25) is 0 Å². The number of nitrogens with zero attached hydrogens (tertiary/aromatic N) is 2. The summed E-state index contributed by atoms with van der Waals surface area (Å²) in [5.41, 5.74) is 1.11. The summed E-state index contributed by atoms with van der Waals surface area (Å²) >= 11 is 1.83. The zero-order valence-electron chi connectivity index (χ0n) is 11.5. The number of rotatable bonds is 4. The fraction of sp³-hybridized carbons (Fsp3) is 0.533. The minimum atomic E-state index is 0.411. The van der Waals surface area contributed by atoms with E-state index in [4.69, 9.17) is 4.52 Å². The molecular formula is C15H20N2OS. The summed E-state index contributed by atoms with van der Waals surface area (Å²) < 4.78 is 5.45. The third-order valence-electron chi connectivity index (χ3n) is 3.76. The van der Waals surface area contributed by atoms with E-state index < -0.39 is 0 Å². The molecule has 2 aromatic rings. The zero-order chi connectivity index (χ0) is 13.2. The molecule has 3 nitrogen and oxygen atoms in total. The number of thiophene rings is 1. The van der Waals surface area contributed by atoms with Gasteiger partial charge in [0.25, 0.3) is 0 Å². The Kier molecular flexibility index (Phi) is 3.71. The second-order valence-corrected chi connectivity index (χ2v) is 6.55. The number of likely N-dealkylation sites (tertiary alicyclic amines) is 1. The van der Waals surface area contributed by atoms with Gasteiger partial charge in [0.15, 0.2) is 0 Å². The third-order valence-corrected chi connectivity index (χ3v) is 4.62. The lowest BCUT2D eigenvalue weighted by atomic mass is 10.1. The van der Waals surface area contributed by atoms with Crippen LogP contribution in [0.1, 0.15) is 55.0 Å². The first-order valence-electron chi connectivity index (χ1n) is 6.97. The Morgan fingerprint density at radius 1 is 1.53 bits per heavy atom. The van der Waals surface area contributed by atoms with Crippen LogP contribution in [0.25, 0.3) is 0 Å². The van der Waals surface area contributed by atoms with Gasteiger partial charge < -0.3 is 4.52 Å². The highest BCUT2D eigenvalue weighted by Crippen LogP contribution is 2.34. The van der Waals surface area contributed by atoms with Gasteiger partial charge in [0, 0.05) is 23.4 Å². The van der Waals surface area contributed by atoms with Crippen molar-refractivity contribution >= 4 is 11.3 Å². The quantitative estimate of drug-likeness (QED) is 0.838. The van der Waals surface area contributed by atoms with E-state index in [1.165, 1.54) is 17.7 Å². The molecule has 19 heavy (non-hydrogen) atoms. The van der Waals surface area contributed by atoms with Crippen LogP contribution in [0, 0.1) is 0 Å². The Bertz CT molecular complexity index is 518. The minimum absolute atomic E-state index is 0.411. The lowest BCUT2D eigenvalue weighted by Crippen LogP contribution is -2.22. The highest BCUT2D eigenvalue weighted by atomic mass is 32.1. The Morgan fingerprint density at radius 2 is 2.42 bits per heavy atom. The van der Waals surface area contributed by atoms with Gasteiger partial charge in [0.05, 0.1) is 6.04 Å². The molecule has 0 radical (unpaired) electrons. The molecule has 0 unspecified atom stereocenters. The van der Waals surface area contributed by atoms with Crippen LogP contribution in [0.15, 0.2) is 28.1 Å². The van der Waals surface area contributed by atoms with Crippen LogP contribution in [0.4, 0.5) is 0 Å². The summed E-state index contributed by atoms with van der Waals surface area (Å²) in [7, 11) is 0. The molecule has 0 aliphatic carbocycles. The summed E-state index contributed by atoms with van der Waals surface area (Å²) in [6, 6.07) is 6.90. The van der Waals surface area contributed by atoms with Crippen molar-refractivity contribution in [1.29, 1.82) is 0 Å². The van der Waals surface area contributed by atoms with Crippen LogP contribution < -0.4 is 0 Å². The Labute approximate surface area is 118 Å². The van der Waals surface area contributed by atoms with Gasteiger partial charge in [-0.2, -0.15) is 0 Å². The normalized spacial score (nSPS) is 20.5. The molecule has 1 saturated heterocycles. The first-order valence-corrected chi connectivity index (χ1v) is 7.85. The molecule has 0 spiro atoms. The number of hydrogen-bond donors (Lipinski definition) is 0. The average molecular weight is 276 g/mol. The second-order valence-electron chi connectivity index (χ2n) is 5.52. The maximum Gasteiger partial charge on any atom is 0.139 e. The Balaban J connectivity index is 1.74. The molecule has 4 heteroatoms. The minimum Gasteiger partial charge on any atom is -0.361 e. The smallest absolute Gasteiger partial charge is 0.139 e. The van der Waals surface area contributed by atoms with E-state index in [1.54, 1.807) is 0 Å². The summed E-state index contributed by atoms with van der Waals surface area (Å²) in [4.78, 5) is 3.95. The van der Waals surface area contributed by atoms with Crippen molar-refractivity contribution in [2.75, 3.05) is 6.54 Å². The maximum atomic E-state index is 5.45. The molecule has 1 atom stereocenters. The third kappa shape index (κ3) is 2.74. The van der Waals surface area contributed by atoms with Gasteiger partial charge in [-0.15, -0.1) is 11.3 Å². The van der Waals surface area contributed by atoms with Crippen molar-refractivity contribution in [3.8, 4) is 0 Å². The molecule has 0 amide bonds. The fourth-order valence-electron chi connectivity index (χ4n) is 2.69. The van der Waals surface area contributed by atoms with Crippen LogP contribution in [-0.2, 0) is 6.54 Å². The lowest BCUT2D eigenvalue weighted by molar-refractivity contribution is 0.238. The highest BCUT2D eigenvalue weighted by molar-refractivity contribution is 7.09. The van der Waals surface area contributed by atoms with E-state index in [0.717, 1.165) is 24.5 Å². The van der Waals surface area contributed by atoms with E-state index in [-0.39, 0.29) is 0 Å². The number of hydrogen-bond acceptors (Lipinski definition) is 4. The topological polar surface area (TPSA) is 29.3 Å². The molecule has 1 aliphatic heterocycles. The Morgan fingerprint density at radius 3 is 3.11 bits per heavy atom. The van der Waals surface area contributed by atoms with Gasteiger partial charge in [0.1, 0.15) is 11.5 Å². The molecule has 0 aromatic carbocycles. The van der Waals surface area contributed by atoms with E-state index in [0.29, 0.717) is 12.0 Å². The lowest BCUT2D eigenvalue weighted by Gasteiger charge is -2.21. The van der Waals surface area contributed by atoms with E-state index in [1.807, 2.05) is 11.3 Å². The van der Waals surface area contributed by atoms with Crippen molar-refractivity contribution in [1.82, 2.24) is 10.1 Å². The van der Waals surface area contributed by atoms with Gasteiger partial charge in [-0.25, -0.2) is 0 Å². The molecular weight excluding hydrogens is 256 g/mol. The molecule has 0 saturated carbocycles. The average Bonchev–Trinajstić information content (AvgIpc) is 3.09. The predicted molar refractivity (Wildman–Crippen MR) is 77.3 cm³/mol. The monoisotopic (exact) mass is 276 g/mol. The standard InChI is InChI=1S/C15H20N2OS/c1-11(2)15-9-13(16-18-15)14-6-3-7-17(14)10-12-5-4-8-19-12/h4-5,8-9,11,14H,3,6-7,10H2,1-2H3/t14-/m1/s1. The van der Waals surface area contributed by atoms with Crippen molar-refractivity contribution in [3.63, 3.8) is 0 Å². The van der Waals surface area contributed by atoms with Crippen molar-refractivity contribution in [3.05, 3.63) is 39.9 Å². The molecule has 102 valence electrons. The molecule has 0 N–H and O–H groups in total. The summed E-state index contributed by atoms with van der Waals surface area (Å²) in [5.74, 6) is 1.41. The molecule has 0 bridgehead atoms. The predicted octanol–water partition coefficient (Wildman–Crippen LogP) is 4.20. The number of aromatic nitrogens is 1. The van der Waals surface area contributed by atoms with Crippen LogP contribution in [0.3, 0.4) is 0 Å². The van der Waals surface area contributed by atoms with E-state index >= 15 is 0 Å². The van der Waals surface area contributed by atoms with Gasteiger partial charge in [-0.05, 0) is 30.8 Å². The summed E-state index contributed by atoms with van der Waals surface area (Å²) in [5, 5.41) is 6.43. The van der Waals surface area contributed by atoms with Crippen LogP contribution in [-0.4, -0.2) is 16.6 Å². The molecule has 1 aliphatic rings. The van der Waals surface area contributed by atoms with Crippen molar-refractivity contribution in [2.24, 2.45) is 0 Å². The van der Waals surface area contributed by atoms with E-state index in [2.05, 4.69) is 47.5 Å².